The number of fused-ring (bicyclic) bond motifs is 1. The van der Waals surface area contributed by atoms with E-state index in [0.717, 1.165) is 30.9 Å². The summed E-state index contributed by atoms with van der Waals surface area (Å²) in [4.78, 5) is 22.0. The van der Waals surface area contributed by atoms with Crippen LogP contribution >= 0.6 is 24.8 Å². The van der Waals surface area contributed by atoms with Gasteiger partial charge in [0.15, 0.2) is 0 Å². The van der Waals surface area contributed by atoms with Gasteiger partial charge in [-0.05, 0) is 44.5 Å². The van der Waals surface area contributed by atoms with Crippen LogP contribution in [0.2, 0.25) is 0 Å². The summed E-state index contributed by atoms with van der Waals surface area (Å²) in [7, 11) is 0. The van der Waals surface area contributed by atoms with Crippen LogP contribution in [0.1, 0.15) is 48.3 Å². The molecule has 1 saturated heterocycles. The predicted molar refractivity (Wildman–Crippen MR) is 97.8 cm³/mol. The van der Waals surface area contributed by atoms with Crippen LogP contribution in [0.25, 0.3) is 11.0 Å². The van der Waals surface area contributed by atoms with E-state index in [2.05, 4.69) is 21.8 Å². The number of rotatable bonds is 4. The number of H-pyrrole nitrogens is 1. The molecule has 0 spiro atoms. The zero-order valence-electron chi connectivity index (χ0n) is 13.2. The van der Waals surface area contributed by atoms with Crippen LogP contribution in [0.3, 0.4) is 0 Å². The minimum Gasteiger partial charge on any atom is -0.366 e. The van der Waals surface area contributed by atoms with Crippen molar-refractivity contribution < 1.29 is 4.79 Å². The summed E-state index contributed by atoms with van der Waals surface area (Å²) in [6, 6.07) is 5.53. The van der Waals surface area contributed by atoms with Crippen LogP contribution < -0.4 is 5.73 Å². The topological polar surface area (TPSA) is 75.0 Å². The van der Waals surface area contributed by atoms with E-state index in [0.29, 0.717) is 17.0 Å². The maximum Gasteiger partial charge on any atom is 0.250 e. The summed E-state index contributed by atoms with van der Waals surface area (Å²) < 4.78 is 0. The van der Waals surface area contributed by atoms with Gasteiger partial charge in [-0.25, -0.2) is 4.98 Å². The van der Waals surface area contributed by atoms with Crippen molar-refractivity contribution in [3.05, 3.63) is 29.6 Å². The number of benzene rings is 1. The van der Waals surface area contributed by atoms with Gasteiger partial charge in [0.1, 0.15) is 11.3 Å². The predicted octanol–water partition coefficient (Wildman–Crippen LogP) is 3.09. The summed E-state index contributed by atoms with van der Waals surface area (Å²) in [5, 5.41) is 0. The van der Waals surface area contributed by atoms with E-state index in [1.54, 1.807) is 6.07 Å². The van der Waals surface area contributed by atoms with Gasteiger partial charge in [0.05, 0.1) is 11.1 Å². The zero-order valence-corrected chi connectivity index (χ0v) is 14.9. The second-order valence-corrected chi connectivity index (χ2v) is 5.83. The number of carbonyl (C=O) groups is 1. The van der Waals surface area contributed by atoms with Crippen molar-refractivity contribution in [1.29, 1.82) is 0 Å². The number of likely N-dealkylation sites (tertiary alicyclic amines) is 1. The molecule has 0 bridgehead atoms. The Labute approximate surface area is 148 Å². The third-order valence-corrected chi connectivity index (χ3v) is 4.23. The number of imidazole rings is 1. The van der Waals surface area contributed by atoms with Crippen LogP contribution in [0.4, 0.5) is 0 Å². The summed E-state index contributed by atoms with van der Waals surface area (Å²) in [5.41, 5.74) is 7.52. The number of aromatic nitrogens is 2. The molecule has 128 valence electrons. The first-order valence-electron chi connectivity index (χ1n) is 7.69. The standard InChI is InChI=1S/C16H22N4O.2ClH/c1-2-8-20-9-4-5-11(10-20)16-18-13-7-3-6-12(15(17)21)14(13)19-16;;/h3,6-7,11H,2,4-5,8-10H2,1H3,(H2,17,21)(H,18,19);2*1H. The molecule has 3 rings (SSSR count). The van der Waals surface area contributed by atoms with Crippen molar-refractivity contribution in [3.63, 3.8) is 0 Å². The SMILES string of the molecule is CCCN1CCCC(c2nc3c(C(N)=O)cccc3[nH]2)C1.Cl.Cl. The minimum atomic E-state index is -0.421. The lowest BCUT2D eigenvalue weighted by Crippen LogP contribution is -2.35. The number of primary amides is 1. The van der Waals surface area contributed by atoms with Gasteiger partial charge < -0.3 is 15.6 Å². The molecule has 1 aliphatic rings. The van der Waals surface area contributed by atoms with Gasteiger partial charge >= 0.3 is 0 Å². The molecular weight excluding hydrogens is 335 g/mol. The Kier molecular flexibility index (Phi) is 7.32. The first-order valence-corrected chi connectivity index (χ1v) is 7.69. The number of nitrogens with one attached hydrogen (secondary N) is 1. The Hall–Kier alpha value is -1.30. The lowest BCUT2D eigenvalue weighted by atomic mass is 9.97. The molecule has 3 N–H and O–H groups in total. The third kappa shape index (κ3) is 4.16. The number of hydrogen-bond donors (Lipinski definition) is 2. The normalized spacial score (nSPS) is 18.2. The van der Waals surface area contributed by atoms with Crippen molar-refractivity contribution in [1.82, 2.24) is 14.9 Å². The summed E-state index contributed by atoms with van der Waals surface area (Å²) in [6.07, 6.45) is 3.52. The van der Waals surface area contributed by atoms with Gasteiger partial charge in [0.2, 0.25) is 0 Å². The molecule has 2 aromatic rings. The molecule has 5 nitrogen and oxygen atoms in total. The van der Waals surface area contributed by atoms with Gasteiger partial charge in [0.25, 0.3) is 5.91 Å². The Morgan fingerprint density at radius 2 is 2.22 bits per heavy atom. The van der Waals surface area contributed by atoms with Crippen molar-refractivity contribution in [2.45, 2.75) is 32.1 Å². The van der Waals surface area contributed by atoms with E-state index in [4.69, 9.17) is 5.73 Å². The molecule has 1 aromatic heterocycles. The van der Waals surface area contributed by atoms with Crippen LogP contribution in [0.15, 0.2) is 18.2 Å². The molecule has 1 fully saturated rings. The fraction of sp³-hybridized carbons (Fsp3) is 0.500. The van der Waals surface area contributed by atoms with Crippen LogP contribution in [0.5, 0.6) is 0 Å². The molecule has 2 heterocycles. The molecule has 7 heteroatoms. The fourth-order valence-electron chi connectivity index (χ4n) is 3.24. The third-order valence-electron chi connectivity index (χ3n) is 4.23. The Balaban J connectivity index is 0.00000132. The van der Waals surface area contributed by atoms with E-state index < -0.39 is 5.91 Å². The fourth-order valence-corrected chi connectivity index (χ4v) is 3.24. The number of aromatic amines is 1. The van der Waals surface area contributed by atoms with E-state index in [1.165, 1.54) is 19.4 Å². The lowest BCUT2D eigenvalue weighted by molar-refractivity contribution is 0.100. The molecule has 1 aromatic carbocycles. The number of para-hydroxylation sites is 1. The molecular formula is C16H24Cl2N4O. The van der Waals surface area contributed by atoms with Gasteiger partial charge in [0, 0.05) is 12.5 Å². The summed E-state index contributed by atoms with van der Waals surface area (Å²) in [6.45, 7) is 5.57. The number of hydrogen-bond acceptors (Lipinski definition) is 3. The highest BCUT2D eigenvalue weighted by Gasteiger charge is 2.24. The highest BCUT2D eigenvalue weighted by atomic mass is 35.5. The molecule has 1 amide bonds. The van der Waals surface area contributed by atoms with Gasteiger partial charge in [-0.15, -0.1) is 24.8 Å². The number of nitrogens with two attached hydrogens (primary N) is 1. The lowest BCUT2D eigenvalue weighted by Gasteiger charge is -2.31. The quantitative estimate of drug-likeness (QED) is 0.881. The van der Waals surface area contributed by atoms with Crippen LogP contribution in [-0.4, -0.2) is 40.4 Å². The summed E-state index contributed by atoms with van der Waals surface area (Å²) in [5.74, 6) is 0.979. The highest BCUT2D eigenvalue weighted by Crippen LogP contribution is 2.27. The maximum atomic E-state index is 11.5. The molecule has 1 atom stereocenters. The Morgan fingerprint density at radius 1 is 1.43 bits per heavy atom. The first kappa shape index (κ1) is 19.7. The molecule has 1 unspecified atom stereocenters. The average molecular weight is 359 g/mol. The molecule has 0 saturated carbocycles. The molecule has 23 heavy (non-hydrogen) atoms. The van der Waals surface area contributed by atoms with E-state index in [-0.39, 0.29) is 24.8 Å². The van der Waals surface area contributed by atoms with Crippen molar-refractivity contribution in [3.8, 4) is 0 Å². The maximum absolute atomic E-state index is 11.5. The second kappa shape index (κ2) is 8.52. The molecule has 1 aliphatic heterocycles. The second-order valence-electron chi connectivity index (χ2n) is 5.83. The first-order chi connectivity index (χ1) is 10.2. The largest absolute Gasteiger partial charge is 0.366 e. The van der Waals surface area contributed by atoms with Gasteiger partial charge in [-0.3, -0.25) is 4.79 Å². The summed E-state index contributed by atoms with van der Waals surface area (Å²) >= 11 is 0. The van der Waals surface area contributed by atoms with E-state index in [1.807, 2.05) is 12.1 Å². The van der Waals surface area contributed by atoms with Crippen molar-refractivity contribution in [2.75, 3.05) is 19.6 Å². The van der Waals surface area contributed by atoms with E-state index >= 15 is 0 Å². The average Bonchev–Trinajstić information content (AvgIpc) is 2.91. The van der Waals surface area contributed by atoms with Crippen LogP contribution in [0, 0.1) is 0 Å². The smallest absolute Gasteiger partial charge is 0.250 e. The molecule has 0 aliphatic carbocycles. The Bertz CT molecular complexity index is 657. The zero-order chi connectivity index (χ0) is 14.8. The van der Waals surface area contributed by atoms with E-state index in [9.17, 15) is 4.79 Å². The Morgan fingerprint density at radius 3 is 2.91 bits per heavy atom. The number of nitrogens with zero attached hydrogens (tertiary/aromatic N) is 2. The van der Waals surface area contributed by atoms with Gasteiger partial charge in [-0.2, -0.15) is 0 Å². The van der Waals surface area contributed by atoms with Crippen molar-refractivity contribution >= 4 is 41.8 Å². The number of amides is 1. The number of carbonyl (C=O) groups excluding carboxylic acids is 1. The number of halogens is 2. The molecule has 0 radical (unpaired) electrons. The van der Waals surface area contributed by atoms with Gasteiger partial charge in [-0.1, -0.05) is 13.0 Å². The monoisotopic (exact) mass is 358 g/mol. The minimum absolute atomic E-state index is 0. The highest BCUT2D eigenvalue weighted by molar-refractivity contribution is 6.04. The number of piperidine rings is 1. The van der Waals surface area contributed by atoms with Crippen LogP contribution in [-0.2, 0) is 0 Å². The van der Waals surface area contributed by atoms with Crippen molar-refractivity contribution in [2.24, 2.45) is 5.73 Å².